The standard InChI is InChI=1S/C20H27N3O/c1-15-11-16(2)20(17(3)12-15)22-19(24)14-23(10-9-21)13-18-7-5-4-6-8-18/h4-8,11-12H,9-10,13-14,21H2,1-3H3,(H,22,24). The van der Waals surface area contributed by atoms with E-state index in [1.165, 1.54) is 11.1 Å². The molecule has 0 spiro atoms. The average Bonchev–Trinajstić information content (AvgIpc) is 2.52. The van der Waals surface area contributed by atoms with Gasteiger partial charge in [-0.05, 0) is 37.5 Å². The van der Waals surface area contributed by atoms with Crippen molar-refractivity contribution < 1.29 is 4.79 Å². The highest BCUT2D eigenvalue weighted by molar-refractivity contribution is 5.93. The van der Waals surface area contributed by atoms with Crippen LogP contribution >= 0.6 is 0 Å². The number of hydrogen-bond donors (Lipinski definition) is 2. The summed E-state index contributed by atoms with van der Waals surface area (Å²) in [5.74, 6) is -0.00515. The maximum atomic E-state index is 12.5. The van der Waals surface area contributed by atoms with Crippen molar-refractivity contribution in [3.63, 3.8) is 0 Å². The Balaban J connectivity index is 2.03. The zero-order valence-electron chi connectivity index (χ0n) is 14.8. The van der Waals surface area contributed by atoms with Gasteiger partial charge in [-0.15, -0.1) is 0 Å². The molecule has 2 rings (SSSR count). The Bertz CT molecular complexity index is 660. The van der Waals surface area contributed by atoms with Crippen LogP contribution in [0.4, 0.5) is 5.69 Å². The number of amides is 1. The van der Waals surface area contributed by atoms with E-state index in [1.807, 2.05) is 32.0 Å². The van der Waals surface area contributed by atoms with Gasteiger partial charge in [-0.25, -0.2) is 0 Å². The van der Waals surface area contributed by atoms with Gasteiger partial charge in [0.05, 0.1) is 6.54 Å². The Hall–Kier alpha value is -2.17. The van der Waals surface area contributed by atoms with Gasteiger partial charge in [0, 0.05) is 25.3 Å². The smallest absolute Gasteiger partial charge is 0.238 e. The fraction of sp³-hybridized carbons (Fsp3) is 0.350. The maximum Gasteiger partial charge on any atom is 0.238 e. The molecule has 3 N–H and O–H groups in total. The molecule has 0 saturated carbocycles. The molecule has 0 aromatic heterocycles. The molecule has 24 heavy (non-hydrogen) atoms. The van der Waals surface area contributed by atoms with Crippen LogP contribution in [-0.2, 0) is 11.3 Å². The molecule has 128 valence electrons. The molecular weight excluding hydrogens is 298 g/mol. The summed E-state index contributed by atoms with van der Waals surface area (Å²) >= 11 is 0. The number of nitrogens with two attached hydrogens (primary N) is 1. The van der Waals surface area contributed by atoms with Crippen LogP contribution in [0.2, 0.25) is 0 Å². The highest BCUT2D eigenvalue weighted by Crippen LogP contribution is 2.21. The minimum absolute atomic E-state index is 0.00515. The molecule has 0 saturated heterocycles. The highest BCUT2D eigenvalue weighted by Gasteiger charge is 2.13. The largest absolute Gasteiger partial charge is 0.329 e. The van der Waals surface area contributed by atoms with Gasteiger partial charge in [-0.2, -0.15) is 0 Å². The van der Waals surface area contributed by atoms with E-state index >= 15 is 0 Å². The van der Waals surface area contributed by atoms with E-state index in [0.717, 1.165) is 23.4 Å². The number of hydrogen-bond acceptors (Lipinski definition) is 3. The Morgan fingerprint density at radius 2 is 1.71 bits per heavy atom. The van der Waals surface area contributed by atoms with E-state index in [1.54, 1.807) is 0 Å². The number of carbonyl (C=O) groups excluding carboxylic acids is 1. The van der Waals surface area contributed by atoms with Gasteiger partial charge in [0.25, 0.3) is 0 Å². The first-order valence-electron chi connectivity index (χ1n) is 8.33. The second kappa shape index (κ2) is 8.62. The topological polar surface area (TPSA) is 58.4 Å². The monoisotopic (exact) mass is 325 g/mol. The van der Waals surface area contributed by atoms with Crippen LogP contribution in [-0.4, -0.2) is 30.4 Å². The van der Waals surface area contributed by atoms with Gasteiger partial charge in [-0.3, -0.25) is 9.69 Å². The van der Waals surface area contributed by atoms with Crippen molar-refractivity contribution in [2.75, 3.05) is 25.0 Å². The second-order valence-corrected chi connectivity index (χ2v) is 6.31. The molecule has 0 aliphatic rings. The maximum absolute atomic E-state index is 12.5. The minimum Gasteiger partial charge on any atom is -0.329 e. The fourth-order valence-electron chi connectivity index (χ4n) is 3.00. The number of carbonyl (C=O) groups is 1. The van der Waals surface area contributed by atoms with E-state index in [4.69, 9.17) is 5.73 Å². The van der Waals surface area contributed by atoms with Gasteiger partial charge >= 0.3 is 0 Å². The summed E-state index contributed by atoms with van der Waals surface area (Å²) in [7, 11) is 0. The Morgan fingerprint density at radius 3 is 2.29 bits per heavy atom. The molecule has 4 heteroatoms. The summed E-state index contributed by atoms with van der Waals surface area (Å²) in [4.78, 5) is 14.6. The molecule has 2 aromatic rings. The normalized spacial score (nSPS) is 10.9. The SMILES string of the molecule is Cc1cc(C)c(NC(=O)CN(CCN)Cc2ccccc2)c(C)c1. The first-order valence-corrected chi connectivity index (χ1v) is 8.33. The Labute approximate surface area is 144 Å². The third-order valence-corrected chi connectivity index (χ3v) is 4.00. The molecule has 0 aliphatic heterocycles. The van der Waals surface area contributed by atoms with Crippen LogP contribution in [0, 0.1) is 20.8 Å². The van der Waals surface area contributed by atoms with Gasteiger partial charge in [-0.1, -0.05) is 48.0 Å². The number of rotatable bonds is 7. The van der Waals surface area contributed by atoms with Gasteiger partial charge < -0.3 is 11.1 Å². The average molecular weight is 325 g/mol. The number of nitrogens with one attached hydrogen (secondary N) is 1. The molecule has 4 nitrogen and oxygen atoms in total. The van der Waals surface area contributed by atoms with Gasteiger partial charge in [0.15, 0.2) is 0 Å². The predicted octanol–water partition coefficient (Wildman–Crippen LogP) is 3.01. The van der Waals surface area contributed by atoms with Crippen molar-refractivity contribution in [3.8, 4) is 0 Å². The molecule has 0 bridgehead atoms. The number of anilines is 1. The number of benzene rings is 2. The quantitative estimate of drug-likeness (QED) is 0.823. The lowest BCUT2D eigenvalue weighted by Gasteiger charge is -2.22. The van der Waals surface area contributed by atoms with Crippen molar-refractivity contribution in [1.82, 2.24) is 4.90 Å². The van der Waals surface area contributed by atoms with Crippen molar-refractivity contribution in [2.24, 2.45) is 5.73 Å². The molecule has 0 atom stereocenters. The zero-order chi connectivity index (χ0) is 17.5. The van der Waals surface area contributed by atoms with Crippen molar-refractivity contribution >= 4 is 11.6 Å². The summed E-state index contributed by atoms with van der Waals surface area (Å²) < 4.78 is 0. The Kier molecular flexibility index (Phi) is 6.53. The van der Waals surface area contributed by atoms with Crippen LogP contribution in [0.3, 0.4) is 0 Å². The lowest BCUT2D eigenvalue weighted by Crippen LogP contribution is -2.36. The van der Waals surface area contributed by atoms with Gasteiger partial charge in [0.1, 0.15) is 0 Å². The lowest BCUT2D eigenvalue weighted by molar-refractivity contribution is -0.117. The zero-order valence-corrected chi connectivity index (χ0v) is 14.8. The fourth-order valence-corrected chi connectivity index (χ4v) is 3.00. The highest BCUT2D eigenvalue weighted by atomic mass is 16.2. The lowest BCUT2D eigenvalue weighted by atomic mass is 10.1. The molecule has 2 aromatic carbocycles. The van der Waals surface area contributed by atoms with Crippen LogP contribution in [0.1, 0.15) is 22.3 Å². The number of nitrogens with zero attached hydrogens (tertiary/aromatic N) is 1. The van der Waals surface area contributed by atoms with Crippen LogP contribution in [0.15, 0.2) is 42.5 Å². The molecule has 0 unspecified atom stereocenters. The molecular formula is C20H27N3O. The van der Waals surface area contributed by atoms with Crippen molar-refractivity contribution in [1.29, 1.82) is 0 Å². The third kappa shape index (κ3) is 5.18. The number of aryl methyl sites for hydroxylation is 3. The van der Waals surface area contributed by atoms with Crippen molar-refractivity contribution in [3.05, 3.63) is 64.7 Å². The molecule has 0 radical (unpaired) electrons. The second-order valence-electron chi connectivity index (χ2n) is 6.31. The predicted molar refractivity (Wildman–Crippen MR) is 100 cm³/mol. The third-order valence-electron chi connectivity index (χ3n) is 4.00. The first kappa shape index (κ1) is 18.2. The molecule has 0 aliphatic carbocycles. The van der Waals surface area contributed by atoms with Crippen LogP contribution in [0.25, 0.3) is 0 Å². The van der Waals surface area contributed by atoms with E-state index in [0.29, 0.717) is 19.6 Å². The van der Waals surface area contributed by atoms with Crippen molar-refractivity contribution in [2.45, 2.75) is 27.3 Å². The van der Waals surface area contributed by atoms with E-state index < -0.39 is 0 Å². The molecule has 0 fully saturated rings. The summed E-state index contributed by atoms with van der Waals surface area (Å²) in [6.45, 7) is 8.38. The molecule has 1 amide bonds. The minimum atomic E-state index is -0.00515. The van der Waals surface area contributed by atoms with E-state index in [2.05, 4.69) is 41.4 Å². The summed E-state index contributed by atoms with van der Waals surface area (Å²) in [6.07, 6.45) is 0. The Morgan fingerprint density at radius 1 is 1.08 bits per heavy atom. The summed E-state index contributed by atoms with van der Waals surface area (Å²) in [6, 6.07) is 14.3. The summed E-state index contributed by atoms with van der Waals surface area (Å²) in [5.41, 5.74) is 11.2. The van der Waals surface area contributed by atoms with Crippen LogP contribution in [0.5, 0.6) is 0 Å². The van der Waals surface area contributed by atoms with Crippen LogP contribution < -0.4 is 11.1 Å². The summed E-state index contributed by atoms with van der Waals surface area (Å²) in [5, 5.41) is 3.06. The molecule has 0 heterocycles. The van der Waals surface area contributed by atoms with E-state index in [-0.39, 0.29) is 5.91 Å². The first-order chi connectivity index (χ1) is 11.5. The van der Waals surface area contributed by atoms with E-state index in [9.17, 15) is 4.79 Å². The van der Waals surface area contributed by atoms with Gasteiger partial charge in [0.2, 0.25) is 5.91 Å².